The largest absolute Gasteiger partial charge is 0.490 e. The van der Waals surface area contributed by atoms with Crippen molar-refractivity contribution in [2.45, 2.75) is 24.8 Å². The van der Waals surface area contributed by atoms with Gasteiger partial charge in [-0.3, -0.25) is 9.36 Å². The van der Waals surface area contributed by atoms with Gasteiger partial charge in [-0.15, -0.1) is 11.8 Å². The first-order chi connectivity index (χ1) is 21.0. The molecule has 1 atom stereocenters. The number of hydrogen-bond acceptors (Lipinski definition) is 9. The molecule has 10 heteroatoms. The van der Waals surface area contributed by atoms with Crippen LogP contribution in [0.2, 0.25) is 0 Å². The van der Waals surface area contributed by atoms with Gasteiger partial charge >= 0.3 is 5.97 Å². The van der Waals surface area contributed by atoms with Crippen molar-refractivity contribution in [1.29, 1.82) is 5.26 Å². The molecular formula is C33H29N3O5S2. The molecule has 5 rings (SSSR count). The molecule has 0 fully saturated rings. The lowest BCUT2D eigenvalue weighted by Gasteiger charge is -2.26. The van der Waals surface area contributed by atoms with Crippen LogP contribution in [0.1, 0.15) is 36.6 Å². The van der Waals surface area contributed by atoms with E-state index in [4.69, 9.17) is 24.5 Å². The van der Waals surface area contributed by atoms with E-state index in [1.165, 1.54) is 11.3 Å². The lowest BCUT2D eigenvalue weighted by atomic mass is 9.93. The molecule has 1 aliphatic heterocycles. The van der Waals surface area contributed by atoms with E-state index >= 15 is 0 Å². The monoisotopic (exact) mass is 611 g/mol. The first-order valence-electron chi connectivity index (χ1n) is 13.7. The number of rotatable bonds is 10. The summed E-state index contributed by atoms with van der Waals surface area (Å²) in [5.41, 5.74) is 2.74. The van der Waals surface area contributed by atoms with Gasteiger partial charge in [-0.2, -0.15) is 5.26 Å². The molecule has 0 N–H and O–H groups in total. The summed E-state index contributed by atoms with van der Waals surface area (Å²) in [4.78, 5) is 34.2. The lowest BCUT2D eigenvalue weighted by Crippen LogP contribution is -2.40. The minimum atomic E-state index is -0.746. The van der Waals surface area contributed by atoms with Gasteiger partial charge in [0.25, 0.3) is 5.56 Å². The summed E-state index contributed by atoms with van der Waals surface area (Å²) < 4.78 is 18.8. The molecule has 8 nitrogen and oxygen atoms in total. The normalized spacial score (nSPS) is 14.5. The lowest BCUT2D eigenvalue weighted by molar-refractivity contribution is -0.138. The topological polar surface area (TPSA) is 103 Å². The van der Waals surface area contributed by atoms with Crippen LogP contribution < -0.4 is 24.4 Å². The number of ether oxygens (including phenoxy) is 3. The van der Waals surface area contributed by atoms with Crippen molar-refractivity contribution in [3.05, 3.63) is 115 Å². The third kappa shape index (κ3) is 6.28. The molecule has 218 valence electrons. The Bertz CT molecular complexity index is 1890. The molecular weight excluding hydrogens is 583 g/mol. The van der Waals surface area contributed by atoms with Crippen molar-refractivity contribution in [3.63, 3.8) is 0 Å². The summed E-state index contributed by atoms with van der Waals surface area (Å²) in [6.45, 7) is 4.09. The summed E-state index contributed by atoms with van der Waals surface area (Å²) >= 11 is 2.86. The number of esters is 1. The van der Waals surface area contributed by atoms with E-state index < -0.39 is 12.0 Å². The second-order valence-corrected chi connectivity index (χ2v) is 11.2. The minimum Gasteiger partial charge on any atom is -0.490 e. The third-order valence-electron chi connectivity index (χ3n) is 6.66. The smallest absolute Gasteiger partial charge is 0.338 e. The molecule has 2 heterocycles. The molecule has 0 radical (unpaired) electrons. The van der Waals surface area contributed by atoms with Gasteiger partial charge in [-0.05, 0) is 61.6 Å². The molecule has 0 amide bonds. The number of carbonyl (C=O) groups is 1. The second-order valence-electron chi connectivity index (χ2n) is 9.29. The number of fused-ring (bicyclic) bond motifs is 1. The Kier molecular flexibility index (Phi) is 9.45. The number of thioether (sulfide) groups is 1. The van der Waals surface area contributed by atoms with Gasteiger partial charge < -0.3 is 14.2 Å². The van der Waals surface area contributed by atoms with Gasteiger partial charge in [-0.1, -0.05) is 59.9 Å². The summed E-state index contributed by atoms with van der Waals surface area (Å²) in [6, 6.07) is 23.8. The number of carbonyl (C=O) groups excluding carboxylic acids is 1. The highest BCUT2D eigenvalue weighted by atomic mass is 32.2. The molecule has 1 aliphatic rings. The summed E-state index contributed by atoms with van der Waals surface area (Å²) in [6.07, 6.45) is 3.76. The Labute approximate surface area is 257 Å². The van der Waals surface area contributed by atoms with E-state index in [1.54, 1.807) is 47.5 Å². The number of nitriles is 1. The molecule has 3 aromatic carbocycles. The first-order valence-corrected chi connectivity index (χ1v) is 15.7. The highest BCUT2D eigenvalue weighted by molar-refractivity contribution is 7.98. The zero-order chi connectivity index (χ0) is 30.3. The summed E-state index contributed by atoms with van der Waals surface area (Å²) in [5.74, 6) is 0.400. The van der Waals surface area contributed by atoms with Crippen molar-refractivity contribution in [2.24, 2.45) is 4.99 Å². The van der Waals surface area contributed by atoms with E-state index in [2.05, 4.69) is 0 Å². The van der Waals surface area contributed by atoms with Crippen LogP contribution in [0.4, 0.5) is 0 Å². The quantitative estimate of drug-likeness (QED) is 0.185. The first kappa shape index (κ1) is 29.9. The van der Waals surface area contributed by atoms with Crippen LogP contribution >= 0.6 is 23.1 Å². The van der Waals surface area contributed by atoms with Gasteiger partial charge in [0.1, 0.15) is 6.07 Å². The number of benzene rings is 3. The summed E-state index contributed by atoms with van der Waals surface area (Å²) in [7, 11) is 0. The van der Waals surface area contributed by atoms with Crippen molar-refractivity contribution in [2.75, 3.05) is 26.1 Å². The van der Waals surface area contributed by atoms with Crippen LogP contribution in [0.3, 0.4) is 0 Å². The predicted octanol–water partition coefficient (Wildman–Crippen LogP) is 4.96. The fourth-order valence-electron chi connectivity index (χ4n) is 4.81. The van der Waals surface area contributed by atoms with E-state index in [9.17, 15) is 9.59 Å². The predicted molar refractivity (Wildman–Crippen MR) is 168 cm³/mol. The van der Waals surface area contributed by atoms with Gasteiger partial charge in [0, 0.05) is 10.5 Å². The average molecular weight is 612 g/mol. The number of aromatic nitrogens is 1. The standard InChI is InChI=1S/C33H29N3O5S2/c1-4-39-26-19-21(11-16-25(26)41-18-17-34)20-27-31(37)36-30(23-12-14-24(42-3)15-13-23)28(32(38)40-5-2)29(35-33(36)43-27)22-9-7-6-8-10-22/h6-16,19-20,30H,4-5,18H2,1-3H3/b27-20-/t30-/m1/s1. The zero-order valence-corrected chi connectivity index (χ0v) is 25.5. The Morgan fingerprint density at radius 3 is 2.49 bits per heavy atom. The average Bonchev–Trinajstić information content (AvgIpc) is 3.34. The van der Waals surface area contributed by atoms with Crippen molar-refractivity contribution in [1.82, 2.24) is 4.57 Å². The maximum atomic E-state index is 14.1. The second kappa shape index (κ2) is 13.6. The number of thiazole rings is 1. The molecule has 0 unspecified atom stereocenters. The third-order valence-corrected chi connectivity index (χ3v) is 8.39. The SMILES string of the molecule is CCOC(=O)C1=C(c2ccccc2)N=c2s/c(=C\c3ccc(OCC#N)c(OCC)c3)c(=O)n2[C@@H]1c1ccc(SC)cc1. The fraction of sp³-hybridized carbons (Fsp3) is 0.212. The maximum Gasteiger partial charge on any atom is 0.338 e. The Hall–Kier alpha value is -4.59. The van der Waals surface area contributed by atoms with E-state index in [0.717, 1.165) is 16.0 Å². The van der Waals surface area contributed by atoms with Crippen molar-refractivity contribution >= 4 is 40.8 Å². The van der Waals surface area contributed by atoms with Crippen LogP contribution in [0.5, 0.6) is 11.5 Å². The van der Waals surface area contributed by atoms with Crippen LogP contribution in [0.15, 0.2) is 93.1 Å². The highest BCUT2D eigenvalue weighted by Crippen LogP contribution is 2.36. The zero-order valence-electron chi connectivity index (χ0n) is 23.9. The van der Waals surface area contributed by atoms with Gasteiger partial charge in [0.05, 0.1) is 35.1 Å². The summed E-state index contributed by atoms with van der Waals surface area (Å²) in [5, 5.41) is 8.91. The van der Waals surface area contributed by atoms with E-state index in [-0.39, 0.29) is 18.8 Å². The van der Waals surface area contributed by atoms with Crippen LogP contribution in [0, 0.1) is 11.3 Å². The van der Waals surface area contributed by atoms with Gasteiger partial charge in [0.15, 0.2) is 22.9 Å². The van der Waals surface area contributed by atoms with Crippen LogP contribution in [-0.4, -0.2) is 36.6 Å². The molecule has 0 spiro atoms. The number of nitrogens with zero attached hydrogens (tertiary/aromatic N) is 3. The molecule has 0 bridgehead atoms. The fourth-order valence-corrected chi connectivity index (χ4v) is 6.21. The van der Waals surface area contributed by atoms with Gasteiger partial charge in [-0.25, -0.2) is 9.79 Å². The Morgan fingerprint density at radius 2 is 1.81 bits per heavy atom. The minimum absolute atomic E-state index is 0.109. The molecule has 0 aliphatic carbocycles. The molecule has 43 heavy (non-hydrogen) atoms. The van der Waals surface area contributed by atoms with Crippen LogP contribution in [0.25, 0.3) is 11.8 Å². The van der Waals surface area contributed by atoms with E-state index in [1.807, 2.05) is 73.8 Å². The van der Waals surface area contributed by atoms with E-state index in [0.29, 0.717) is 44.3 Å². The van der Waals surface area contributed by atoms with Crippen molar-refractivity contribution < 1.29 is 19.0 Å². The van der Waals surface area contributed by atoms with Crippen molar-refractivity contribution in [3.8, 4) is 17.6 Å². The Balaban J connectivity index is 1.74. The highest BCUT2D eigenvalue weighted by Gasteiger charge is 2.35. The molecule has 1 aromatic heterocycles. The molecule has 4 aromatic rings. The molecule has 0 saturated heterocycles. The molecule has 0 saturated carbocycles. The maximum absolute atomic E-state index is 14.1. The van der Waals surface area contributed by atoms with Crippen LogP contribution in [-0.2, 0) is 9.53 Å². The number of hydrogen-bond donors (Lipinski definition) is 0. The van der Waals surface area contributed by atoms with Gasteiger partial charge in [0.2, 0.25) is 0 Å². The Morgan fingerprint density at radius 1 is 1.05 bits per heavy atom.